The topological polar surface area (TPSA) is 70.2 Å². The maximum absolute atomic E-state index is 12.7. The third-order valence-electron chi connectivity index (χ3n) is 5.30. The van der Waals surface area contributed by atoms with Crippen molar-refractivity contribution in [3.05, 3.63) is 36.2 Å². The van der Waals surface area contributed by atoms with Crippen molar-refractivity contribution in [3.8, 4) is 6.07 Å². The van der Waals surface area contributed by atoms with Gasteiger partial charge in [0.15, 0.2) is 0 Å². The summed E-state index contributed by atoms with van der Waals surface area (Å²) in [4.78, 5) is 12.7. The van der Waals surface area contributed by atoms with Gasteiger partial charge in [0.25, 0.3) is 5.91 Å². The third-order valence-corrected chi connectivity index (χ3v) is 5.30. The van der Waals surface area contributed by atoms with Gasteiger partial charge in [-0.2, -0.15) is 10.4 Å². The summed E-state index contributed by atoms with van der Waals surface area (Å²) >= 11 is 0. The van der Waals surface area contributed by atoms with E-state index in [-0.39, 0.29) is 11.3 Å². The van der Waals surface area contributed by atoms with Gasteiger partial charge in [0, 0.05) is 6.20 Å². The molecule has 0 aromatic carbocycles. The molecule has 0 aliphatic heterocycles. The molecule has 126 valence electrons. The summed E-state index contributed by atoms with van der Waals surface area (Å²) in [5.41, 5.74) is 0.755. The Labute approximate surface area is 142 Å². The Morgan fingerprint density at radius 2 is 2.08 bits per heavy atom. The van der Waals surface area contributed by atoms with Gasteiger partial charge in [0.1, 0.15) is 5.54 Å². The number of nitrogens with one attached hydrogen (secondary N) is 1. The lowest BCUT2D eigenvalue weighted by Gasteiger charge is -2.40. The fraction of sp³-hybridized carbons (Fsp3) is 0.526. The van der Waals surface area contributed by atoms with Crippen LogP contribution in [0.1, 0.15) is 56.8 Å². The second-order valence-corrected chi connectivity index (χ2v) is 7.88. The first kappa shape index (κ1) is 16.5. The first-order valence-corrected chi connectivity index (χ1v) is 8.51. The number of amides is 1. The van der Waals surface area contributed by atoms with Crippen LogP contribution >= 0.6 is 0 Å². The van der Waals surface area contributed by atoms with E-state index in [1.165, 1.54) is 0 Å². The molecule has 1 aliphatic rings. The van der Waals surface area contributed by atoms with Crippen molar-refractivity contribution in [3.63, 3.8) is 0 Å². The van der Waals surface area contributed by atoms with Gasteiger partial charge < -0.3 is 5.32 Å². The molecular formula is C19H24N4O. The van der Waals surface area contributed by atoms with E-state index >= 15 is 0 Å². The van der Waals surface area contributed by atoms with E-state index in [1.54, 1.807) is 16.9 Å². The molecule has 0 unspecified atom stereocenters. The molecule has 2 aromatic rings. The molecule has 2 heterocycles. The lowest BCUT2D eigenvalue weighted by molar-refractivity contribution is 0.0857. The minimum absolute atomic E-state index is 0.216. The van der Waals surface area contributed by atoms with Gasteiger partial charge in [-0.3, -0.25) is 4.79 Å². The summed E-state index contributed by atoms with van der Waals surface area (Å²) in [5.74, 6) is 0.375. The van der Waals surface area contributed by atoms with Gasteiger partial charge in [-0.15, -0.1) is 0 Å². The van der Waals surface area contributed by atoms with E-state index in [9.17, 15) is 10.1 Å². The maximum atomic E-state index is 12.7. The average molecular weight is 324 g/mol. The van der Waals surface area contributed by atoms with Crippen molar-refractivity contribution >= 4 is 11.4 Å². The lowest BCUT2D eigenvalue weighted by Crippen LogP contribution is -2.50. The van der Waals surface area contributed by atoms with Gasteiger partial charge in [-0.25, -0.2) is 4.52 Å². The molecule has 1 saturated carbocycles. The van der Waals surface area contributed by atoms with E-state index in [0.29, 0.717) is 24.3 Å². The van der Waals surface area contributed by atoms with Gasteiger partial charge >= 0.3 is 0 Å². The van der Waals surface area contributed by atoms with E-state index in [4.69, 9.17) is 0 Å². The number of pyridine rings is 1. The van der Waals surface area contributed by atoms with Crippen LogP contribution in [-0.2, 0) is 0 Å². The first-order chi connectivity index (χ1) is 11.3. The van der Waals surface area contributed by atoms with Crippen molar-refractivity contribution in [1.82, 2.24) is 14.9 Å². The van der Waals surface area contributed by atoms with Crippen molar-refractivity contribution in [2.45, 2.75) is 52.0 Å². The molecule has 0 atom stereocenters. The second kappa shape index (κ2) is 5.94. The lowest BCUT2D eigenvalue weighted by atomic mass is 9.67. The SMILES string of the molecule is CC(C)(C)C1CCC(C#N)(NC(=O)c2cnn3ccccc23)CC1. The normalized spacial score (nSPS) is 24.5. The molecular weight excluding hydrogens is 300 g/mol. The Balaban J connectivity index is 1.77. The van der Waals surface area contributed by atoms with Crippen molar-refractivity contribution in [2.75, 3.05) is 0 Å². The van der Waals surface area contributed by atoms with Crippen LogP contribution in [0.2, 0.25) is 0 Å². The molecule has 1 fully saturated rings. The van der Waals surface area contributed by atoms with Gasteiger partial charge in [-0.05, 0) is 49.1 Å². The smallest absolute Gasteiger partial charge is 0.256 e. The molecule has 1 amide bonds. The van der Waals surface area contributed by atoms with E-state index in [2.05, 4.69) is 37.3 Å². The largest absolute Gasteiger partial charge is 0.334 e. The number of hydrogen-bond donors (Lipinski definition) is 1. The second-order valence-electron chi connectivity index (χ2n) is 7.88. The van der Waals surface area contributed by atoms with Crippen molar-refractivity contribution in [2.24, 2.45) is 11.3 Å². The quantitative estimate of drug-likeness (QED) is 0.918. The fourth-order valence-corrected chi connectivity index (χ4v) is 3.64. The molecule has 0 saturated heterocycles. The number of nitrogens with zero attached hydrogens (tertiary/aromatic N) is 3. The van der Waals surface area contributed by atoms with Crippen molar-refractivity contribution < 1.29 is 4.79 Å². The molecule has 5 heteroatoms. The summed E-state index contributed by atoms with van der Waals surface area (Å²) in [6.45, 7) is 6.73. The number of aromatic nitrogens is 2. The van der Waals surface area contributed by atoms with Gasteiger partial charge in [-0.1, -0.05) is 26.8 Å². The van der Waals surface area contributed by atoms with Gasteiger partial charge in [0.05, 0.1) is 23.3 Å². The van der Waals surface area contributed by atoms with Crippen molar-refractivity contribution in [1.29, 1.82) is 5.26 Å². The zero-order chi connectivity index (χ0) is 17.4. The van der Waals surface area contributed by atoms with Crippen LogP contribution in [0.15, 0.2) is 30.6 Å². The van der Waals surface area contributed by atoms with Crippen LogP contribution in [0.3, 0.4) is 0 Å². The Morgan fingerprint density at radius 1 is 1.38 bits per heavy atom. The third kappa shape index (κ3) is 3.01. The number of nitriles is 1. The number of fused-ring (bicyclic) bond motifs is 1. The Morgan fingerprint density at radius 3 is 2.71 bits per heavy atom. The minimum Gasteiger partial charge on any atom is -0.334 e. The van der Waals surface area contributed by atoms with Crippen LogP contribution < -0.4 is 5.32 Å². The van der Waals surface area contributed by atoms with Crippen LogP contribution in [0.4, 0.5) is 0 Å². The Kier molecular flexibility index (Phi) is 4.08. The van der Waals surface area contributed by atoms with Crippen LogP contribution in [0.5, 0.6) is 0 Å². The fourth-order valence-electron chi connectivity index (χ4n) is 3.64. The number of hydrogen-bond acceptors (Lipinski definition) is 3. The molecule has 1 N–H and O–H groups in total. The Hall–Kier alpha value is -2.35. The molecule has 2 aromatic heterocycles. The van der Waals surface area contributed by atoms with Crippen LogP contribution in [-0.4, -0.2) is 21.1 Å². The molecule has 5 nitrogen and oxygen atoms in total. The summed E-state index contributed by atoms with van der Waals surface area (Å²) in [5, 5.41) is 16.9. The number of carbonyl (C=O) groups is 1. The molecule has 0 radical (unpaired) electrons. The highest BCUT2D eigenvalue weighted by Crippen LogP contribution is 2.41. The molecule has 24 heavy (non-hydrogen) atoms. The average Bonchev–Trinajstić information content (AvgIpc) is 2.98. The number of rotatable bonds is 2. The maximum Gasteiger partial charge on any atom is 0.256 e. The van der Waals surface area contributed by atoms with E-state index in [0.717, 1.165) is 18.4 Å². The summed E-state index contributed by atoms with van der Waals surface area (Å²) < 4.78 is 1.67. The highest BCUT2D eigenvalue weighted by atomic mass is 16.1. The monoisotopic (exact) mass is 324 g/mol. The predicted octanol–water partition coefficient (Wildman–Crippen LogP) is 3.56. The van der Waals surface area contributed by atoms with Gasteiger partial charge in [0.2, 0.25) is 0 Å². The zero-order valence-electron chi connectivity index (χ0n) is 14.5. The van der Waals surface area contributed by atoms with E-state index < -0.39 is 5.54 Å². The summed E-state index contributed by atoms with van der Waals surface area (Å²) in [7, 11) is 0. The highest BCUT2D eigenvalue weighted by molar-refractivity contribution is 6.01. The minimum atomic E-state index is -0.762. The number of carbonyl (C=O) groups excluding carboxylic acids is 1. The molecule has 0 spiro atoms. The summed E-state index contributed by atoms with van der Waals surface area (Å²) in [6, 6.07) is 7.97. The first-order valence-electron chi connectivity index (χ1n) is 8.51. The predicted molar refractivity (Wildman–Crippen MR) is 92.4 cm³/mol. The molecule has 1 aliphatic carbocycles. The zero-order valence-corrected chi connectivity index (χ0v) is 14.5. The highest BCUT2D eigenvalue weighted by Gasteiger charge is 2.40. The van der Waals surface area contributed by atoms with Crippen LogP contribution in [0.25, 0.3) is 5.52 Å². The molecule has 3 rings (SSSR count). The van der Waals surface area contributed by atoms with Crippen LogP contribution in [0, 0.1) is 22.7 Å². The van der Waals surface area contributed by atoms with E-state index in [1.807, 2.05) is 18.2 Å². The Bertz CT molecular complexity index is 786. The summed E-state index contributed by atoms with van der Waals surface area (Å²) in [6.07, 6.45) is 6.71. The standard InChI is InChI=1S/C19H24N4O/c1-18(2,3)14-7-9-19(13-20,10-8-14)22-17(24)15-12-21-23-11-5-4-6-16(15)23/h4-6,11-12,14H,7-10H2,1-3H3,(H,22,24). The molecule has 0 bridgehead atoms.